The van der Waals surface area contributed by atoms with Crippen molar-refractivity contribution in [3.05, 3.63) is 47.7 Å². The fourth-order valence-corrected chi connectivity index (χ4v) is 7.55. The quantitative estimate of drug-likeness (QED) is 0.296. The van der Waals surface area contributed by atoms with Crippen LogP contribution in [0.15, 0.2) is 41.3 Å². The first-order chi connectivity index (χ1) is 20.9. The third-order valence-corrected chi connectivity index (χ3v) is 10.5. The third kappa shape index (κ3) is 7.34. The number of fused-ring (bicyclic) bond motifs is 1. The molecule has 10 heteroatoms. The summed E-state index contributed by atoms with van der Waals surface area (Å²) in [6, 6.07) is 7.44. The number of allylic oxidation sites excluding steroid dienone is 1. The summed E-state index contributed by atoms with van der Waals surface area (Å²) in [7, 11) is 1.59. The molecule has 230 valence electrons. The molecule has 0 radical (unpaired) electrons. The van der Waals surface area contributed by atoms with E-state index in [1.165, 1.54) is 36.3 Å². The van der Waals surface area contributed by atoms with Crippen LogP contribution in [0, 0.1) is 5.92 Å². The van der Waals surface area contributed by atoms with Crippen LogP contribution in [0.2, 0.25) is 0 Å². The Morgan fingerprint density at radius 2 is 1.79 bits per heavy atom. The molecule has 3 fully saturated rings. The average molecular weight is 606 g/mol. The SMILES string of the molecule is COc1ccc(C(=O)/C=C/C(=O)N2CCN(CC3CCC(Oc4nc5c(c(NC6(C)CCC6)n4)SCC5)CC3)CC2)cc1. The molecule has 9 nitrogen and oxygen atoms in total. The number of ketones is 1. The predicted molar refractivity (Wildman–Crippen MR) is 168 cm³/mol. The second kappa shape index (κ2) is 13.3. The molecule has 3 heterocycles. The first-order valence-corrected chi connectivity index (χ1v) is 16.7. The molecule has 1 aromatic heterocycles. The molecule has 43 heavy (non-hydrogen) atoms. The van der Waals surface area contributed by atoms with E-state index in [-0.39, 0.29) is 23.3 Å². The number of methoxy groups -OCH3 is 1. The zero-order chi connectivity index (χ0) is 29.8. The smallest absolute Gasteiger partial charge is 0.318 e. The number of hydrogen-bond donors (Lipinski definition) is 1. The number of anilines is 1. The number of aryl methyl sites for hydroxylation is 1. The minimum atomic E-state index is -0.184. The van der Waals surface area contributed by atoms with Crippen molar-refractivity contribution >= 4 is 29.3 Å². The number of carbonyl (C=O) groups is 2. The first-order valence-electron chi connectivity index (χ1n) is 15.7. The summed E-state index contributed by atoms with van der Waals surface area (Å²) >= 11 is 1.86. The summed E-state index contributed by atoms with van der Waals surface area (Å²) in [5, 5.41) is 3.71. The molecular weight excluding hydrogens is 562 g/mol. The lowest BCUT2D eigenvalue weighted by Gasteiger charge is -2.40. The number of ether oxygens (including phenoxy) is 2. The van der Waals surface area contributed by atoms with Crippen LogP contribution in [-0.2, 0) is 11.2 Å². The zero-order valence-corrected chi connectivity index (χ0v) is 26.2. The van der Waals surface area contributed by atoms with Gasteiger partial charge in [0.2, 0.25) is 5.91 Å². The molecule has 2 aliphatic heterocycles. The fourth-order valence-electron chi connectivity index (χ4n) is 6.50. The highest BCUT2D eigenvalue weighted by atomic mass is 32.2. The second-order valence-corrected chi connectivity index (χ2v) is 13.7. The number of hydrogen-bond acceptors (Lipinski definition) is 9. The molecule has 1 N–H and O–H groups in total. The summed E-state index contributed by atoms with van der Waals surface area (Å²) in [6.45, 7) is 6.42. The molecule has 2 saturated carbocycles. The number of rotatable bonds is 10. The van der Waals surface area contributed by atoms with Gasteiger partial charge in [-0.05, 0) is 88.1 Å². The van der Waals surface area contributed by atoms with Gasteiger partial charge >= 0.3 is 6.01 Å². The summed E-state index contributed by atoms with van der Waals surface area (Å²) in [6.07, 6.45) is 11.9. The predicted octanol–water partition coefficient (Wildman–Crippen LogP) is 5.01. The number of carbonyl (C=O) groups excluding carboxylic acids is 2. The number of thioether (sulfide) groups is 1. The van der Waals surface area contributed by atoms with Crippen LogP contribution in [0.4, 0.5) is 5.82 Å². The Morgan fingerprint density at radius 1 is 1.05 bits per heavy atom. The summed E-state index contributed by atoms with van der Waals surface area (Å²) in [5.74, 6) is 3.07. The van der Waals surface area contributed by atoms with Crippen molar-refractivity contribution in [3.8, 4) is 11.8 Å². The van der Waals surface area contributed by atoms with Gasteiger partial charge in [-0.15, -0.1) is 11.8 Å². The Labute approximate surface area is 258 Å². The van der Waals surface area contributed by atoms with Crippen molar-refractivity contribution in [2.75, 3.05) is 50.9 Å². The highest BCUT2D eigenvalue weighted by Crippen LogP contribution is 2.41. The minimum absolute atomic E-state index is 0.105. The third-order valence-electron chi connectivity index (χ3n) is 9.40. The van der Waals surface area contributed by atoms with E-state index >= 15 is 0 Å². The minimum Gasteiger partial charge on any atom is -0.497 e. The lowest BCUT2D eigenvalue weighted by atomic mass is 9.78. The van der Waals surface area contributed by atoms with E-state index in [1.807, 2.05) is 16.7 Å². The van der Waals surface area contributed by atoms with Gasteiger partial charge in [-0.1, -0.05) is 0 Å². The van der Waals surface area contributed by atoms with E-state index in [4.69, 9.17) is 19.4 Å². The Kier molecular flexibility index (Phi) is 9.23. The molecule has 2 aromatic rings. The van der Waals surface area contributed by atoms with Crippen LogP contribution in [-0.4, -0.2) is 88.7 Å². The number of amides is 1. The summed E-state index contributed by atoms with van der Waals surface area (Å²) in [4.78, 5) is 40.3. The fraction of sp³-hybridized carbons (Fsp3) is 0.576. The van der Waals surface area contributed by atoms with Crippen LogP contribution < -0.4 is 14.8 Å². The number of benzene rings is 1. The van der Waals surface area contributed by atoms with E-state index in [1.54, 1.807) is 31.4 Å². The van der Waals surface area contributed by atoms with E-state index in [2.05, 4.69) is 17.1 Å². The molecule has 1 aromatic carbocycles. The Balaban J connectivity index is 0.929. The van der Waals surface area contributed by atoms with Crippen LogP contribution in [0.25, 0.3) is 0 Å². The van der Waals surface area contributed by atoms with Gasteiger partial charge < -0.3 is 19.7 Å². The van der Waals surface area contributed by atoms with Crippen molar-refractivity contribution in [1.29, 1.82) is 0 Å². The summed E-state index contributed by atoms with van der Waals surface area (Å²) < 4.78 is 11.5. The standard InChI is InChI=1S/C33H43N5O4S/c1-33(15-3-16-33)36-31-30-27(14-21-43-30)34-32(35-31)42-26-8-4-23(5-9-26)22-37-17-19-38(20-18-37)29(40)13-12-28(39)24-6-10-25(41-2)11-7-24/h6-7,10-13,23,26H,3-5,8-9,14-22H2,1-2H3,(H,34,35,36)/b13-12+. The molecule has 1 saturated heterocycles. The molecule has 2 aliphatic carbocycles. The maximum atomic E-state index is 12.7. The lowest BCUT2D eigenvalue weighted by molar-refractivity contribution is -0.127. The molecule has 1 amide bonds. The molecule has 6 rings (SSSR count). The maximum Gasteiger partial charge on any atom is 0.318 e. The highest BCUT2D eigenvalue weighted by Gasteiger charge is 2.34. The van der Waals surface area contributed by atoms with Gasteiger partial charge in [0, 0.05) is 62.1 Å². The number of piperazine rings is 1. The second-order valence-electron chi connectivity index (χ2n) is 12.6. The van der Waals surface area contributed by atoms with Gasteiger partial charge in [-0.2, -0.15) is 9.97 Å². The van der Waals surface area contributed by atoms with Gasteiger partial charge in [0.1, 0.15) is 17.7 Å². The molecule has 0 bridgehead atoms. The van der Waals surface area contributed by atoms with Gasteiger partial charge in [-0.3, -0.25) is 14.5 Å². The lowest BCUT2D eigenvalue weighted by Crippen LogP contribution is -2.49. The normalized spacial score (nSPS) is 23.4. The number of nitrogens with one attached hydrogen (secondary N) is 1. The van der Waals surface area contributed by atoms with E-state index in [9.17, 15) is 9.59 Å². The van der Waals surface area contributed by atoms with E-state index < -0.39 is 0 Å². The van der Waals surface area contributed by atoms with Crippen LogP contribution in [0.1, 0.15) is 67.9 Å². The molecule has 4 aliphatic rings. The number of aromatic nitrogens is 2. The molecule has 0 unspecified atom stereocenters. The van der Waals surface area contributed by atoms with Crippen molar-refractivity contribution < 1.29 is 19.1 Å². The molecule has 0 spiro atoms. The average Bonchev–Trinajstić information content (AvgIpc) is 3.49. The van der Waals surface area contributed by atoms with Crippen molar-refractivity contribution in [3.63, 3.8) is 0 Å². The van der Waals surface area contributed by atoms with Crippen LogP contribution in [0.5, 0.6) is 11.8 Å². The van der Waals surface area contributed by atoms with Crippen LogP contribution in [0.3, 0.4) is 0 Å². The topological polar surface area (TPSA) is 96.9 Å². The first kappa shape index (κ1) is 29.9. The monoisotopic (exact) mass is 605 g/mol. The van der Waals surface area contributed by atoms with E-state index in [0.29, 0.717) is 36.3 Å². The van der Waals surface area contributed by atoms with Gasteiger partial charge in [0.05, 0.1) is 17.7 Å². The van der Waals surface area contributed by atoms with Crippen molar-refractivity contribution in [1.82, 2.24) is 19.8 Å². The Morgan fingerprint density at radius 3 is 2.47 bits per heavy atom. The van der Waals surface area contributed by atoms with Crippen LogP contribution >= 0.6 is 11.8 Å². The van der Waals surface area contributed by atoms with Gasteiger partial charge in [0.25, 0.3) is 0 Å². The largest absolute Gasteiger partial charge is 0.497 e. The van der Waals surface area contributed by atoms with Crippen molar-refractivity contribution in [2.24, 2.45) is 5.92 Å². The van der Waals surface area contributed by atoms with Gasteiger partial charge in [0.15, 0.2) is 5.78 Å². The highest BCUT2D eigenvalue weighted by molar-refractivity contribution is 7.99. The summed E-state index contributed by atoms with van der Waals surface area (Å²) in [5.41, 5.74) is 1.81. The van der Waals surface area contributed by atoms with Crippen molar-refractivity contribution in [2.45, 2.75) is 74.8 Å². The molecule has 0 atom stereocenters. The Bertz CT molecular complexity index is 1330. The zero-order valence-electron chi connectivity index (χ0n) is 25.3. The molecular formula is C33H43N5O4S. The number of nitrogens with zero attached hydrogens (tertiary/aromatic N) is 4. The van der Waals surface area contributed by atoms with Gasteiger partial charge in [-0.25, -0.2) is 0 Å². The van der Waals surface area contributed by atoms with E-state index in [0.717, 1.165) is 69.0 Å². The Hall–Kier alpha value is -3.11. The maximum absolute atomic E-state index is 12.7.